The molecule has 2 N–H and O–H groups in total. The van der Waals surface area contributed by atoms with Gasteiger partial charge in [-0.05, 0) is 31.0 Å². The van der Waals surface area contributed by atoms with Crippen LogP contribution in [0.2, 0.25) is 10.0 Å². The molecule has 0 bridgehead atoms. The standard InChI is InChI=1S/C11H13Cl2NO2/c1-14-4-2-6-7(3-5-14)9(13)11(16)10(15)8(6)12/h15-16H,2-5H2,1H3. The van der Waals surface area contributed by atoms with Crippen LogP contribution >= 0.6 is 23.2 Å². The second kappa shape index (κ2) is 4.32. The van der Waals surface area contributed by atoms with Crippen LogP contribution in [-0.4, -0.2) is 35.3 Å². The van der Waals surface area contributed by atoms with Crippen molar-refractivity contribution in [1.82, 2.24) is 4.90 Å². The SMILES string of the molecule is CN1CCc2c(Cl)c(O)c(O)c(Cl)c2CC1. The number of rotatable bonds is 0. The summed E-state index contributed by atoms with van der Waals surface area (Å²) in [5, 5.41) is 19.7. The van der Waals surface area contributed by atoms with Crippen molar-refractivity contribution in [1.29, 1.82) is 0 Å². The van der Waals surface area contributed by atoms with Crippen molar-refractivity contribution in [3.63, 3.8) is 0 Å². The molecular weight excluding hydrogens is 249 g/mol. The highest BCUT2D eigenvalue weighted by Gasteiger charge is 2.23. The molecule has 88 valence electrons. The molecule has 16 heavy (non-hydrogen) atoms. The Morgan fingerprint density at radius 3 is 1.69 bits per heavy atom. The summed E-state index contributed by atoms with van der Waals surface area (Å²) in [6.07, 6.45) is 1.47. The summed E-state index contributed by atoms with van der Waals surface area (Å²) in [7, 11) is 2.02. The van der Waals surface area contributed by atoms with E-state index in [0.29, 0.717) is 0 Å². The third kappa shape index (κ3) is 1.83. The number of hydrogen-bond donors (Lipinski definition) is 2. The van der Waals surface area contributed by atoms with Gasteiger partial charge in [0.15, 0.2) is 11.5 Å². The topological polar surface area (TPSA) is 43.7 Å². The van der Waals surface area contributed by atoms with Crippen LogP contribution in [0.1, 0.15) is 11.1 Å². The van der Waals surface area contributed by atoms with E-state index in [1.807, 2.05) is 7.05 Å². The molecule has 1 aliphatic heterocycles. The van der Waals surface area contributed by atoms with E-state index >= 15 is 0 Å². The number of fused-ring (bicyclic) bond motifs is 1. The van der Waals surface area contributed by atoms with Crippen molar-refractivity contribution < 1.29 is 10.2 Å². The highest BCUT2D eigenvalue weighted by molar-refractivity contribution is 6.36. The Labute approximate surface area is 104 Å². The number of halogens is 2. The maximum Gasteiger partial charge on any atom is 0.178 e. The smallest absolute Gasteiger partial charge is 0.178 e. The van der Waals surface area contributed by atoms with Crippen LogP contribution in [0, 0.1) is 0 Å². The zero-order valence-corrected chi connectivity index (χ0v) is 10.4. The number of nitrogens with zero attached hydrogens (tertiary/aromatic N) is 1. The average Bonchev–Trinajstić information content (AvgIpc) is 2.46. The van der Waals surface area contributed by atoms with Crippen molar-refractivity contribution in [2.45, 2.75) is 12.8 Å². The molecule has 0 saturated heterocycles. The molecule has 1 heterocycles. The van der Waals surface area contributed by atoms with Crippen molar-refractivity contribution >= 4 is 23.2 Å². The van der Waals surface area contributed by atoms with Gasteiger partial charge in [0, 0.05) is 13.1 Å². The Kier molecular flexibility index (Phi) is 3.19. The van der Waals surface area contributed by atoms with Crippen molar-refractivity contribution in [3.8, 4) is 11.5 Å². The summed E-state index contributed by atoms with van der Waals surface area (Å²) in [6, 6.07) is 0. The molecule has 0 atom stereocenters. The fourth-order valence-corrected chi connectivity index (χ4v) is 2.59. The maximum absolute atomic E-state index is 9.62. The summed E-state index contributed by atoms with van der Waals surface area (Å²) < 4.78 is 0. The largest absolute Gasteiger partial charge is 0.503 e. The number of phenolic OH excluding ortho intramolecular Hbond substituents is 2. The first-order chi connectivity index (χ1) is 7.52. The molecule has 0 aromatic heterocycles. The van der Waals surface area contributed by atoms with Gasteiger partial charge in [-0.15, -0.1) is 0 Å². The molecule has 0 saturated carbocycles. The second-order valence-electron chi connectivity index (χ2n) is 4.09. The molecule has 1 aromatic carbocycles. The average molecular weight is 262 g/mol. The van der Waals surface area contributed by atoms with Crippen molar-refractivity contribution in [2.24, 2.45) is 0 Å². The second-order valence-corrected chi connectivity index (χ2v) is 4.84. The van der Waals surface area contributed by atoms with Crippen LogP contribution in [-0.2, 0) is 12.8 Å². The molecule has 0 aliphatic carbocycles. The Balaban J connectivity index is 2.59. The zero-order chi connectivity index (χ0) is 11.9. The summed E-state index contributed by atoms with van der Waals surface area (Å²) in [4.78, 5) is 2.17. The van der Waals surface area contributed by atoms with Gasteiger partial charge in [0.05, 0.1) is 10.0 Å². The first-order valence-corrected chi connectivity index (χ1v) is 5.87. The summed E-state index contributed by atoms with van der Waals surface area (Å²) >= 11 is 12.0. The van der Waals surface area contributed by atoms with Crippen LogP contribution in [0.5, 0.6) is 11.5 Å². The van der Waals surface area contributed by atoms with E-state index in [2.05, 4.69) is 4.90 Å². The monoisotopic (exact) mass is 261 g/mol. The molecule has 0 spiro atoms. The summed E-state index contributed by atoms with van der Waals surface area (Å²) in [5.74, 6) is -0.620. The molecule has 1 aromatic rings. The predicted octanol–water partition coefficient (Wildman–Crippen LogP) is 2.44. The maximum atomic E-state index is 9.62. The quantitative estimate of drug-likeness (QED) is 0.706. The number of hydrogen-bond acceptors (Lipinski definition) is 3. The van der Waals surface area contributed by atoms with Crippen LogP contribution in [0.3, 0.4) is 0 Å². The molecule has 0 fully saturated rings. The number of phenols is 2. The van der Waals surface area contributed by atoms with Gasteiger partial charge in [-0.3, -0.25) is 0 Å². The van der Waals surface area contributed by atoms with Gasteiger partial charge in [0.2, 0.25) is 0 Å². The minimum absolute atomic E-state index is 0.229. The lowest BCUT2D eigenvalue weighted by Crippen LogP contribution is -2.20. The highest BCUT2D eigenvalue weighted by atomic mass is 35.5. The first kappa shape index (κ1) is 11.8. The van der Waals surface area contributed by atoms with Gasteiger partial charge in [0.25, 0.3) is 0 Å². The molecule has 2 rings (SSSR count). The summed E-state index contributed by atoms with van der Waals surface area (Å²) in [5.41, 5.74) is 1.71. The van der Waals surface area contributed by atoms with Crippen molar-refractivity contribution in [2.75, 3.05) is 20.1 Å². The van der Waals surface area contributed by atoms with Crippen LogP contribution < -0.4 is 0 Å². The molecule has 0 radical (unpaired) electrons. The van der Waals surface area contributed by atoms with Gasteiger partial charge in [-0.1, -0.05) is 23.2 Å². The van der Waals surface area contributed by atoms with E-state index in [1.54, 1.807) is 0 Å². The van der Waals surface area contributed by atoms with E-state index in [-0.39, 0.29) is 21.5 Å². The lowest BCUT2D eigenvalue weighted by molar-refractivity contribution is 0.352. The number of benzene rings is 1. The number of aromatic hydroxyl groups is 2. The van der Waals surface area contributed by atoms with E-state index in [9.17, 15) is 10.2 Å². The Morgan fingerprint density at radius 2 is 1.31 bits per heavy atom. The third-order valence-corrected chi connectivity index (χ3v) is 3.84. The molecule has 0 amide bonds. The van der Waals surface area contributed by atoms with Gasteiger partial charge < -0.3 is 15.1 Å². The molecule has 1 aliphatic rings. The Bertz CT molecular complexity index is 396. The zero-order valence-electron chi connectivity index (χ0n) is 8.93. The predicted molar refractivity (Wildman–Crippen MR) is 64.7 cm³/mol. The van der Waals surface area contributed by atoms with Gasteiger partial charge in [-0.2, -0.15) is 0 Å². The minimum atomic E-state index is -0.310. The fraction of sp³-hybridized carbons (Fsp3) is 0.455. The van der Waals surface area contributed by atoms with Gasteiger partial charge in [-0.25, -0.2) is 0 Å². The third-order valence-electron chi connectivity index (χ3n) is 3.02. The lowest BCUT2D eigenvalue weighted by Gasteiger charge is -2.13. The summed E-state index contributed by atoms with van der Waals surface area (Å²) in [6.45, 7) is 1.74. The minimum Gasteiger partial charge on any atom is -0.503 e. The normalized spacial score (nSPS) is 16.9. The number of likely N-dealkylation sites (N-methyl/N-ethyl adjacent to an activating group) is 1. The Morgan fingerprint density at radius 1 is 0.938 bits per heavy atom. The van der Waals surface area contributed by atoms with E-state index in [1.165, 1.54) is 0 Å². The van der Waals surface area contributed by atoms with E-state index in [0.717, 1.165) is 37.1 Å². The fourth-order valence-electron chi connectivity index (χ4n) is 2.00. The van der Waals surface area contributed by atoms with E-state index in [4.69, 9.17) is 23.2 Å². The van der Waals surface area contributed by atoms with E-state index < -0.39 is 0 Å². The molecular formula is C11H13Cl2NO2. The van der Waals surface area contributed by atoms with Crippen LogP contribution in [0.15, 0.2) is 0 Å². The van der Waals surface area contributed by atoms with Crippen LogP contribution in [0.25, 0.3) is 0 Å². The molecule has 0 unspecified atom stereocenters. The van der Waals surface area contributed by atoms with Gasteiger partial charge >= 0.3 is 0 Å². The van der Waals surface area contributed by atoms with Crippen molar-refractivity contribution in [3.05, 3.63) is 21.2 Å². The molecule has 3 nitrogen and oxygen atoms in total. The lowest BCUT2D eigenvalue weighted by atomic mass is 10.0. The highest BCUT2D eigenvalue weighted by Crippen LogP contribution is 2.45. The Hall–Kier alpha value is -0.640. The van der Waals surface area contributed by atoms with Gasteiger partial charge in [0.1, 0.15) is 0 Å². The van der Waals surface area contributed by atoms with Crippen LogP contribution in [0.4, 0.5) is 0 Å². The molecule has 5 heteroatoms. The first-order valence-electron chi connectivity index (χ1n) is 5.11.